The van der Waals surface area contributed by atoms with Gasteiger partial charge in [0.25, 0.3) is 0 Å². The van der Waals surface area contributed by atoms with Gasteiger partial charge in [0.05, 0.1) is 10.0 Å². The molecule has 2 amide bonds. The number of nitrogens with one attached hydrogen (secondary N) is 2. The molecule has 0 unspecified atom stereocenters. The van der Waals surface area contributed by atoms with Crippen LogP contribution < -0.4 is 15.4 Å². The molecule has 1 heterocycles. The van der Waals surface area contributed by atoms with Gasteiger partial charge in [-0.1, -0.05) is 35.3 Å². The van der Waals surface area contributed by atoms with Gasteiger partial charge in [-0.05, 0) is 54.6 Å². The van der Waals surface area contributed by atoms with Crippen LogP contribution in [0.1, 0.15) is 5.89 Å². The van der Waals surface area contributed by atoms with Crippen LogP contribution >= 0.6 is 23.2 Å². The molecule has 0 radical (unpaired) electrons. The third kappa shape index (κ3) is 4.80. The van der Waals surface area contributed by atoms with Crippen molar-refractivity contribution in [2.24, 2.45) is 0 Å². The summed E-state index contributed by atoms with van der Waals surface area (Å²) < 4.78 is 11.3. The number of anilines is 2. The minimum Gasteiger partial charge on any atom is -0.484 e. The molecule has 4 rings (SSSR count). The number of benzene rings is 3. The summed E-state index contributed by atoms with van der Waals surface area (Å²) in [7, 11) is 0. The average Bonchev–Trinajstić information content (AvgIpc) is 3.13. The Kier molecular flexibility index (Phi) is 5.55. The third-order valence-electron chi connectivity index (χ3n) is 3.99. The lowest BCUT2D eigenvalue weighted by molar-refractivity contribution is 0.262. The number of amides is 2. The van der Waals surface area contributed by atoms with Gasteiger partial charge in [0, 0.05) is 11.4 Å². The number of carbonyl (C=O) groups is 1. The van der Waals surface area contributed by atoms with E-state index in [4.69, 9.17) is 32.4 Å². The van der Waals surface area contributed by atoms with Crippen molar-refractivity contribution in [3.63, 3.8) is 0 Å². The highest BCUT2D eigenvalue weighted by atomic mass is 35.5. The van der Waals surface area contributed by atoms with Gasteiger partial charge in [0.15, 0.2) is 12.2 Å². The zero-order valence-corrected chi connectivity index (χ0v) is 16.5. The largest absolute Gasteiger partial charge is 0.484 e. The van der Waals surface area contributed by atoms with Gasteiger partial charge in [-0.15, -0.1) is 0 Å². The Bertz CT molecular complexity index is 1130. The van der Waals surface area contributed by atoms with E-state index in [0.717, 1.165) is 11.1 Å². The SMILES string of the molecule is O=C(Nc1ccc(OCc2nc3ccccc3o2)cc1)Nc1ccc(Cl)c(Cl)c1. The summed E-state index contributed by atoms with van der Waals surface area (Å²) in [6.07, 6.45) is 0. The first-order valence-electron chi connectivity index (χ1n) is 8.67. The Labute approximate surface area is 176 Å². The summed E-state index contributed by atoms with van der Waals surface area (Å²) in [6, 6.07) is 18.9. The van der Waals surface area contributed by atoms with Crippen molar-refractivity contribution < 1.29 is 13.9 Å². The van der Waals surface area contributed by atoms with Crippen molar-refractivity contribution in [2.45, 2.75) is 6.61 Å². The molecule has 8 heteroatoms. The van der Waals surface area contributed by atoms with Crippen molar-refractivity contribution in [3.05, 3.63) is 82.7 Å². The monoisotopic (exact) mass is 427 g/mol. The summed E-state index contributed by atoms with van der Waals surface area (Å²) in [6.45, 7) is 0.208. The molecule has 0 saturated carbocycles. The van der Waals surface area contributed by atoms with Gasteiger partial charge in [0.1, 0.15) is 11.3 Å². The molecule has 0 fully saturated rings. The molecule has 0 saturated heterocycles. The number of hydrogen-bond donors (Lipinski definition) is 2. The Morgan fingerprint density at radius 2 is 1.66 bits per heavy atom. The zero-order chi connectivity index (χ0) is 20.2. The first kappa shape index (κ1) is 19.1. The molecule has 6 nitrogen and oxygen atoms in total. The van der Waals surface area contributed by atoms with Crippen LogP contribution in [-0.2, 0) is 6.61 Å². The van der Waals surface area contributed by atoms with Gasteiger partial charge < -0.3 is 19.8 Å². The first-order chi connectivity index (χ1) is 14.1. The van der Waals surface area contributed by atoms with E-state index in [1.54, 1.807) is 42.5 Å². The second-order valence-electron chi connectivity index (χ2n) is 6.10. The molecule has 0 aliphatic rings. The van der Waals surface area contributed by atoms with Gasteiger partial charge in [-0.2, -0.15) is 0 Å². The quantitative estimate of drug-likeness (QED) is 0.388. The second kappa shape index (κ2) is 8.43. The van der Waals surface area contributed by atoms with Crippen LogP contribution in [0.3, 0.4) is 0 Å². The Morgan fingerprint density at radius 3 is 2.41 bits per heavy atom. The van der Waals surface area contributed by atoms with Crippen LogP contribution in [0.2, 0.25) is 10.0 Å². The molecular formula is C21H15Cl2N3O3. The van der Waals surface area contributed by atoms with Crippen molar-refractivity contribution in [1.29, 1.82) is 0 Å². The van der Waals surface area contributed by atoms with Gasteiger partial charge >= 0.3 is 6.03 Å². The zero-order valence-electron chi connectivity index (χ0n) is 15.0. The van der Waals surface area contributed by atoms with Crippen molar-refractivity contribution in [3.8, 4) is 5.75 Å². The molecule has 1 aromatic heterocycles. The first-order valence-corrected chi connectivity index (χ1v) is 9.43. The molecule has 0 bridgehead atoms. The highest BCUT2D eigenvalue weighted by Crippen LogP contribution is 2.25. The third-order valence-corrected chi connectivity index (χ3v) is 4.73. The Morgan fingerprint density at radius 1 is 0.931 bits per heavy atom. The molecule has 4 aromatic rings. The van der Waals surface area contributed by atoms with E-state index in [1.807, 2.05) is 24.3 Å². The number of nitrogens with zero attached hydrogens (tertiary/aromatic N) is 1. The number of ether oxygens (including phenoxy) is 1. The summed E-state index contributed by atoms with van der Waals surface area (Å²) in [5, 5.41) is 6.21. The normalized spacial score (nSPS) is 10.7. The van der Waals surface area contributed by atoms with Crippen LogP contribution in [0.15, 0.2) is 71.1 Å². The molecule has 0 aliphatic heterocycles. The second-order valence-corrected chi connectivity index (χ2v) is 6.91. The minimum atomic E-state index is -0.400. The number of rotatable bonds is 5. The number of carbonyl (C=O) groups excluding carboxylic acids is 1. The number of para-hydroxylation sites is 2. The summed E-state index contributed by atoms with van der Waals surface area (Å²) in [5.41, 5.74) is 2.66. The maximum absolute atomic E-state index is 12.1. The molecule has 3 aromatic carbocycles. The molecule has 0 aliphatic carbocycles. The van der Waals surface area contributed by atoms with Gasteiger partial charge in [0.2, 0.25) is 5.89 Å². The number of oxazole rings is 1. The van der Waals surface area contributed by atoms with E-state index in [2.05, 4.69) is 15.6 Å². The standard InChI is InChI=1S/C21H15Cl2N3O3/c22-16-10-7-14(11-17(16)23)25-21(27)24-13-5-8-15(9-6-13)28-12-20-26-18-3-1-2-4-19(18)29-20/h1-11H,12H2,(H2,24,25,27). The van der Waals surface area contributed by atoms with Crippen LogP contribution in [0.5, 0.6) is 5.75 Å². The highest BCUT2D eigenvalue weighted by Gasteiger charge is 2.07. The van der Waals surface area contributed by atoms with E-state index < -0.39 is 6.03 Å². The smallest absolute Gasteiger partial charge is 0.323 e. The van der Waals surface area contributed by atoms with E-state index in [0.29, 0.717) is 33.1 Å². The number of aromatic nitrogens is 1. The molecule has 0 spiro atoms. The van der Waals surface area contributed by atoms with Crippen molar-refractivity contribution >= 4 is 51.7 Å². The van der Waals surface area contributed by atoms with E-state index in [9.17, 15) is 4.79 Å². The van der Waals surface area contributed by atoms with Gasteiger partial charge in [-0.3, -0.25) is 0 Å². The fraction of sp³-hybridized carbons (Fsp3) is 0.0476. The Hall–Kier alpha value is -3.22. The minimum absolute atomic E-state index is 0.208. The summed E-state index contributed by atoms with van der Waals surface area (Å²) in [5.74, 6) is 1.12. The highest BCUT2D eigenvalue weighted by molar-refractivity contribution is 6.42. The molecular weight excluding hydrogens is 413 g/mol. The lowest BCUT2D eigenvalue weighted by atomic mass is 10.3. The van der Waals surface area contributed by atoms with Crippen LogP contribution in [0.4, 0.5) is 16.2 Å². The van der Waals surface area contributed by atoms with E-state index >= 15 is 0 Å². The van der Waals surface area contributed by atoms with Crippen LogP contribution in [-0.4, -0.2) is 11.0 Å². The van der Waals surface area contributed by atoms with Crippen molar-refractivity contribution in [1.82, 2.24) is 4.98 Å². The van der Waals surface area contributed by atoms with Gasteiger partial charge in [-0.25, -0.2) is 9.78 Å². The predicted molar refractivity (Wildman–Crippen MR) is 114 cm³/mol. The van der Waals surface area contributed by atoms with E-state index in [-0.39, 0.29) is 6.61 Å². The summed E-state index contributed by atoms with van der Waals surface area (Å²) >= 11 is 11.8. The van der Waals surface area contributed by atoms with Crippen LogP contribution in [0, 0.1) is 0 Å². The number of fused-ring (bicyclic) bond motifs is 1. The van der Waals surface area contributed by atoms with Crippen LogP contribution in [0.25, 0.3) is 11.1 Å². The molecule has 29 heavy (non-hydrogen) atoms. The Balaban J connectivity index is 1.32. The molecule has 146 valence electrons. The maximum Gasteiger partial charge on any atom is 0.323 e. The number of urea groups is 1. The predicted octanol–water partition coefficient (Wildman–Crippen LogP) is 6.36. The number of halogens is 2. The summed E-state index contributed by atoms with van der Waals surface area (Å²) in [4.78, 5) is 16.5. The van der Waals surface area contributed by atoms with Crippen molar-refractivity contribution in [2.75, 3.05) is 10.6 Å². The maximum atomic E-state index is 12.1. The molecule has 0 atom stereocenters. The fourth-order valence-corrected chi connectivity index (χ4v) is 2.93. The average molecular weight is 428 g/mol. The number of hydrogen-bond acceptors (Lipinski definition) is 4. The lowest BCUT2D eigenvalue weighted by Gasteiger charge is -2.09. The molecule has 2 N–H and O–H groups in total. The fourth-order valence-electron chi connectivity index (χ4n) is 2.63. The van der Waals surface area contributed by atoms with E-state index in [1.165, 1.54) is 0 Å². The topological polar surface area (TPSA) is 76.4 Å². The lowest BCUT2D eigenvalue weighted by Crippen LogP contribution is -2.19.